The second kappa shape index (κ2) is 6.05. The number of rotatable bonds is 4. The summed E-state index contributed by atoms with van der Waals surface area (Å²) >= 11 is 0. The van der Waals surface area contributed by atoms with E-state index in [1.807, 2.05) is 18.2 Å². The van der Waals surface area contributed by atoms with Crippen LogP contribution >= 0.6 is 0 Å². The number of nitrogens with one attached hydrogen (secondary N) is 2. The predicted octanol–water partition coefficient (Wildman–Crippen LogP) is -0.0472. The van der Waals surface area contributed by atoms with Crippen LogP contribution in [0.5, 0.6) is 0 Å². The first-order chi connectivity index (χ1) is 9.61. The molecule has 0 aliphatic carbocycles. The van der Waals surface area contributed by atoms with E-state index in [4.69, 9.17) is 4.74 Å². The van der Waals surface area contributed by atoms with E-state index in [-0.39, 0.29) is 6.61 Å². The van der Waals surface area contributed by atoms with Gasteiger partial charge in [0.2, 0.25) is 5.91 Å². The molecule has 0 bridgehead atoms. The van der Waals surface area contributed by atoms with Crippen molar-refractivity contribution in [1.29, 1.82) is 0 Å². The summed E-state index contributed by atoms with van der Waals surface area (Å²) in [5, 5.41) is 4.67. The maximum Gasteiger partial charge on any atom is 0.408 e. The van der Waals surface area contributed by atoms with Crippen molar-refractivity contribution in [1.82, 2.24) is 10.6 Å². The molecule has 0 saturated carbocycles. The number of methoxy groups -OCH3 is 1. The minimum absolute atomic E-state index is 0.0872. The zero-order valence-electron chi connectivity index (χ0n) is 10.8. The number of hydrogen-bond donors (Lipinski definition) is 2. The van der Waals surface area contributed by atoms with Crippen molar-refractivity contribution in [3.8, 4) is 0 Å². The minimum Gasteiger partial charge on any atom is -0.467 e. The van der Waals surface area contributed by atoms with Gasteiger partial charge in [0.05, 0.1) is 7.11 Å². The summed E-state index contributed by atoms with van der Waals surface area (Å²) in [7, 11) is 1.21. The summed E-state index contributed by atoms with van der Waals surface area (Å²) in [6.45, 7) is 0.0872. The van der Waals surface area contributed by atoms with E-state index >= 15 is 0 Å². The minimum atomic E-state index is -0.953. The molecule has 1 fully saturated rings. The number of carbonyl (C=O) groups excluding carboxylic acids is 3. The standard InChI is InChI=1S/C13H14N2O5/c1-19-12(17)10-9(11(16)14-10)15-13(18)20-7-8-5-3-2-4-6-8/h2-6,9-10H,7H2,1H3,(H,14,16)(H,15,18)/t9-,10-/m1/s1. The second-order valence-corrected chi connectivity index (χ2v) is 4.19. The van der Waals surface area contributed by atoms with E-state index in [0.29, 0.717) is 0 Å². The van der Waals surface area contributed by atoms with Crippen LogP contribution < -0.4 is 10.6 Å². The van der Waals surface area contributed by atoms with Gasteiger partial charge >= 0.3 is 12.1 Å². The van der Waals surface area contributed by atoms with Crippen molar-refractivity contribution in [3.05, 3.63) is 35.9 Å². The third kappa shape index (κ3) is 3.05. The summed E-state index contributed by atoms with van der Waals surface area (Å²) in [4.78, 5) is 34.1. The molecule has 1 aliphatic rings. The molecule has 7 nitrogen and oxygen atoms in total. The van der Waals surface area contributed by atoms with Crippen molar-refractivity contribution in [2.45, 2.75) is 18.7 Å². The Balaban J connectivity index is 1.82. The van der Waals surface area contributed by atoms with Crippen LogP contribution in [0.3, 0.4) is 0 Å². The van der Waals surface area contributed by atoms with Crippen molar-refractivity contribution < 1.29 is 23.9 Å². The predicted molar refractivity (Wildman–Crippen MR) is 67.5 cm³/mol. The van der Waals surface area contributed by atoms with Gasteiger partial charge in [0.1, 0.15) is 12.6 Å². The first-order valence-electron chi connectivity index (χ1n) is 5.97. The number of benzene rings is 1. The lowest BCUT2D eigenvalue weighted by molar-refractivity contribution is -0.152. The largest absolute Gasteiger partial charge is 0.467 e. The number of amides is 2. The summed E-state index contributed by atoms with van der Waals surface area (Å²) in [5.74, 6) is -1.06. The fourth-order valence-corrected chi connectivity index (χ4v) is 1.74. The molecule has 1 saturated heterocycles. The Kier molecular flexibility index (Phi) is 4.19. The van der Waals surface area contributed by atoms with Crippen LogP contribution in [-0.4, -0.2) is 37.2 Å². The maximum absolute atomic E-state index is 11.6. The molecule has 2 rings (SSSR count). The smallest absolute Gasteiger partial charge is 0.408 e. The van der Waals surface area contributed by atoms with Gasteiger partial charge in [-0.2, -0.15) is 0 Å². The van der Waals surface area contributed by atoms with Crippen LogP contribution in [0.15, 0.2) is 30.3 Å². The van der Waals surface area contributed by atoms with Crippen LogP contribution in [0.25, 0.3) is 0 Å². The Morgan fingerprint density at radius 1 is 1.30 bits per heavy atom. The van der Waals surface area contributed by atoms with Crippen LogP contribution in [-0.2, 0) is 25.7 Å². The molecule has 0 unspecified atom stereocenters. The van der Waals surface area contributed by atoms with E-state index in [2.05, 4.69) is 15.4 Å². The molecule has 1 aromatic rings. The van der Waals surface area contributed by atoms with E-state index in [1.54, 1.807) is 12.1 Å². The molecule has 2 amide bonds. The van der Waals surface area contributed by atoms with Gasteiger partial charge in [0.25, 0.3) is 0 Å². The third-order valence-electron chi connectivity index (χ3n) is 2.85. The summed E-state index contributed by atoms with van der Waals surface area (Å²) in [6.07, 6.45) is -0.761. The monoisotopic (exact) mass is 278 g/mol. The normalized spacial score (nSPS) is 20.4. The highest BCUT2D eigenvalue weighted by molar-refractivity contribution is 6.01. The molecule has 1 aromatic carbocycles. The molecule has 0 aromatic heterocycles. The Labute approximate surface area is 115 Å². The molecular weight excluding hydrogens is 264 g/mol. The summed E-state index contributed by atoms with van der Waals surface area (Å²) < 4.78 is 9.46. The highest BCUT2D eigenvalue weighted by Crippen LogP contribution is 2.09. The molecule has 0 spiro atoms. The van der Waals surface area contributed by atoms with E-state index in [1.165, 1.54) is 7.11 Å². The molecule has 106 valence electrons. The van der Waals surface area contributed by atoms with Gasteiger partial charge in [-0.1, -0.05) is 30.3 Å². The van der Waals surface area contributed by atoms with Crippen LogP contribution in [0.4, 0.5) is 4.79 Å². The van der Waals surface area contributed by atoms with E-state index in [0.717, 1.165) is 5.56 Å². The number of carbonyl (C=O) groups is 3. The van der Waals surface area contributed by atoms with Crippen LogP contribution in [0, 0.1) is 0 Å². The average molecular weight is 278 g/mol. The molecule has 2 atom stereocenters. The fourth-order valence-electron chi connectivity index (χ4n) is 1.74. The van der Waals surface area contributed by atoms with Crippen molar-refractivity contribution >= 4 is 18.0 Å². The van der Waals surface area contributed by atoms with Gasteiger partial charge in [-0.3, -0.25) is 4.79 Å². The van der Waals surface area contributed by atoms with Gasteiger partial charge in [-0.25, -0.2) is 9.59 Å². The first kappa shape index (κ1) is 13.9. The first-order valence-corrected chi connectivity index (χ1v) is 5.97. The fraction of sp³-hybridized carbons (Fsp3) is 0.308. The number of esters is 1. The lowest BCUT2D eigenvalue weighted by Crippen LogP contribution is -2.72. The topological polar surface area (TPSA) is 93.7 Å². The molecule has 20 heavy (non-hydrogen) atoms. The number of alkyl carbamates (subject to hydrolysis) is 1. The van der Waals surface area contributed by atoms with Crippen LogP contribution in [0.2, 0.25) is 0 Å². The van der Waals surface area contributed by atoms with Crippen LogP contribution in [0.1, 0.15) is 5.56 Å². The Morgan fingerprint density at radius 3 is 2.60 bits per heavy atom. The number of β-lactam (4-membered cyclic amide) rings is 1. The molecule has 7 heteroatoms. The highest BCUT2D eigenvalue weighted by Gasteiger charge is 2.46. The Morgan fingerprint density at radius 2 is 2.00 bits per heavy atom. The molecule has 0 radical (unpaired) electrons. The Bertz CT molecular complexity index is 517. The summed E-state index contributed by atoms with van der Waals surface area (Å²) in [6, 6.07) is 7.29. The Hall–Kier alpha value is -2.57. The number of hydrogen-bond acceptors (Lipinski definition) is 5. The van der Waals surface area contributed by atoms with Crippen molar-refractivity contribution in [2.24, 2.45) is 0 Å². The average Bonchev–Trinajstić information content (AvgIpc) is 2.48. The third-order valence-corrected chi connectivity index (χ3v) is 2.85. The van der Waals surface area contributed by atoms with Crippen molar-refractivity contribution in [3.63, 3.8) is 0 Å². The maximum atomic E-state index is 11.6. The van der Waals surface area contributed by atoms with E-state index in [9.17, 15) is 14.4 Å². The quantitative estimate of drug-likeness (QED) is 0.595. The van der Waals surface area contributed by atoms with Gasteiger partial charge in [0, 0.05) is 0 Å². The highest BCUT2D eigenvalue weighted by atomic mass is 16.5. The molecule has 2 N–H and O–H groups in total. The SMILES string of the molecule is COC(=O)[C@@H]1NC(=O)[C@@H]1NC(=O)OCc1ccccc1. The van der Waals surface area contributed by atoms with E-state index < -0.39 is 30.1 Å². The zero-order valence-corrected chi connectivity index (χ0v) is 10.8. The molecular formula is C13H14N2O5. The lowest BCUT2D eigenvalue weighted by atomic mass is 9.99. The van der Waals surface area contributed by atoms with Gasteiger partial charge in [-0.05, 0) is 5.56 Å². The van der Waals surface area contributed by atoms with Gasteiger partial charge in [-0.15, -0.1) is 0 Å². The summed E-state index contributed by atoms with van der Waals surface area (Å²) in [5.41, 5.74) is 0.824. The molecule has 1 aliphatic heterocycles. The van der Waals surface area contributed by atoms with Gasteiger partial charge < -0.3 is 20.1 Å². The van der Waals surface area contributed by atoms with Crippen molar-refractivity contribution in [2.75, 3.05) is 7.11 Å². The molecule has 1 heterocycles. The lowest BCUT2D eigenvalue weighted by Gasteiger charge is -2.34. The second-order valence-electron chi connectivity index (χ2n) is 4.19. The zero-order chi connectivity index (χ0) is 14.5. The number of ether oxygens (including phenoxy) is 2. The van der Waals surface area contributed by atoms with Gasteiger partial charge in [0.15, 0.2) is 6.04 Å².